The fourth-order valence-corrected chi connectivity index (χ4v) is 4.50. The molecule has 1 aromatic carbocycles. The highest BCUT2D eigenvalue weighted by Gasteiger charge is 2.23. The first-order chi connectivity index (χ1) is 8.18. The summed E-state index contributed by atoms with van der Waals surface area (Å²) in [6, 6.07) is 4.80. The first kappa shape index (κ1) is 13.2. The molecule has 0 bridgehead atoms. The van der Waals surface area contributed by atoms with Crippen molar-refractivity contribution in [2.24, 2.45) is 0 Å². The van der Waals surface area contributed by atoms with Crippen molar-refractivity contribution in [3.63, 3.8) is 0 Å². The van der Waals surface area contributed by atoms with Gasteiger partial charge in [0.25, 0.3) is 0 Å². The average Bonchev–Trinajstić information content (AvgIpc) is 2.36. The van der Waals surface area contributed by atoms with Gasteiger partial charge in [0.2, 0.25) is 0 Å². The van der Waals surface area contributed by atoms with Crippen molar-refractivity contribution >= 4 is 40.9 Å². The zero-order valence-electron chi connectivity index (χ0n) is 9.12. The first-order valence-corrected chi connectivity index (χ1v) is 7.91. The van der Waals surface area contributed by atoms with Crippen LogP contribution in [0.5, 0.6) is 0 Å². The molecule has 1 unspecified atom stereocenters. The van der Waals surface area contributed by atoms with Crippen LogP contribution < -0.4 is 0 Å². The van der Waals surface area contributed by atoms with Crippen LogP contribution in [0.15, 0.2) is 18.2 Å². The number of rotatable bonds is 3. The summed E-state index contributed by atoms with van der Waals surface area (Å²) >= 11 is 9.15. The highest BCUT2D eigenvalue weighted by Crippen LogP contribution is 2.26. The number of carbonyl (C=O) groups excluding carboxylic acids is 1. The van der Waals surface area contributed by atoms with Gasteiger partial charge >= 0.3 is 0 Å². The Morgan fingerprint density at radius 1 is 1.47 bits per heavy atom. The molecule has 1 fully saturated rings. The largest absolute Gasteiger partial charge is 0.298 e. The summed E-state index contributed by atoms with van der Waals surface area (Å²) < 4.78 is 13.6. The van der Waals surface area contributed by atoms with Crippen LogP contribution in [-0.2, 0) is 11.2 Å². The third-order valence-corrected chi connectivity index (χ3v) is 5.67. The summed E-state index contributed by atoms with van der Waals surface area (Å²) in [7, 11) is 0. The summed E-state index contributed by atoms with van der Waals surface area (Å²) in [5, 5.41) is 0.0908. The van der Waals surface area contributed by atoms with Crippen LogP contribution >= 0.6 is 35.1 Å². The van der Waals surface area contributed by atoms with Gasteiger partial charge in [-0.2, -0.15) is 11.8 Å². The normalized spacial score (nSPS) is 20.2. The maximum Gasteiger partial charge on any atom is 0.151 e. The van der Waals surface area contributed by atoms with Crippen molar-refractivity contribution in [2.75, 3.05) is 17.3 Å². The van der Waals surface area contributed by atoms with E-state index in [1.54, 1.807) is 35.7 Å². The molecule has 0 spiro atoms. The van der Waals surface area contributed by atoms with E-state index in [2.05, 4.69) is 0 Å². The number of halogens is 2. The average molecular weight is 291 g/mol. The molecule has 92 valence electrons. The van der Waals surface area contributed by atoms with E-state index in [9.17, 15) is 9.18 Å². The minimum Gasteiger partial charge on any atom is -0.298 e. The van der Waals surface area contributed by atoms with Gasteiger partial charge in [-0.1, -0.05) is 23.7 Å². The number of benzene rings is 1. The van der Waals surface area contributed by atoms with Crippen molar-refractivity contribution < 1.29 is 9.18 Å². The number of ketones is 1. The molecule has 0 saturated carbocycles. The minimum absolute atomic E-state index is 0.00660. The summed E-state index contributed by atoms with van der Waals surface area (Å²) in [5.41, 5.74) is 0.402. The summed E-state index contributed by atoms with van der Waals surface area (Å²) in [6.07, 6.45) is 0.143. The maximum atomic E-state index is 13.6. The molecule has 1 saturated heterocycles. The smallest absolute Gasteiger partial charge is 0.151 e. The van der Waals surface area contributed by atoms with Gasteiger partial charge in [0.1, 0.15) is 5.82 Å². The number of thioether (sulfide) groups is 2. The third kappa shape index (κ3) is 3.39. The van der Waals surface area contributed by atoms with Gasteiger partial charge in [-0.05, 0) is 11.6 Å². The van der Waals surface area contributed by atoms with Crippen molar-refractivity contribution in [3.05, 3.63) is 34.6 Å². The second-order valence-electron chi connectivity index (χ2n) is 3.79. The van der Waals surface area contributed by atoms with E-state index in [1.807, 2.05) is 0 Å². The molecule has 1 aromatic rings. The molecular weight excluding hydrogens is 279 g/mol. The predicted octanol–water partition coefficient (Wildman–Crippen LogP) is 3.44. The molecule has 1 nitrogen and oxygen atoms in total. The van der Waals surface area contributed by atoms with E-state index >= 15 is 0 Å². The van der Waals surface area contributed by atoms with E-state index in [4.69, 9.17) is 11.6 Å². The molecule has 1 atom stereocenters. The van der Waals surface area contributed by atoms with E-state index in [1.165, 1.54) is 6.07 Å². The second-order valence-corrected chi connectivity index (χ2v) is 6.66. The molecule has 0 N–H and O–H groups in total. The Kier molecular flexibility index (Phi) is 4.77. The zero-order chi connectivity index (χ0) is 12.3. The highest BCUT2D eigenvalue weighted by atomic mass is 35.5. The second kappa shape index (κ2) is 6.12. The first-order valence-electron chi connectivity index (χ1n) is 5.33. The molecular formula is C12H12ClFOS2. The quantitative estimate of drug-likeness (QED) is 0.849. The van der Waals surface area contributed by atoms with Gasteiger partial charge < -0.3 is 0 Å². The fraction of sp³-hybridized carbons (Fsp3) is 0.417. The van der Waals surface area contributed by atoms with Gasteiger partial charge in [0, 0.05) is 23.7 Å². The Morgan fingerprint density at radius 2 is 2.29 bits per heavy atom. The van der Waals surface area contributed by atoms with Crippen molar-refractivity contribution in [1.29, 1.82) is 0 Å². The minimum atomic E-state index is -0.462. The van der Waals surface area contributed by atoms with E-state index in [0.29, 0.717) is 5.56 Å². The summed E-state index contributed by atoms with van der Waals surface area (Å²) in [6.45, 7) is 0. The fourth-order valence-electron chi connectivity index (χ4n) is 1.66. The number of Topliss-reactive ketones (excluding diaryl/α,β-unsaturated/α-hetero) is 1. The summed E-state index contributed by atoms with van der Waals surface area (Å²) in [4.78, 5) is 12.0. The molecule has 17 heavy (non-hydrogen) atoms. The van der Waals surface area contributed by atoms with Crippen LogP contribution in [0.1, 0.15) is 5.56 Å². The van der Waals surface area contributed by atoms with Crippen molar-refractivity contribution in [1.82, 2.24) is 0 Å². The monoisotopic (exact) mass is 290 g/mol. The molecule has 0 aliphatic carbocycles. The number of hydrogen-bond acceptors (Lipinski definition) is 3. The number of hydrogen-bond donors (Lipinski definition) is 0. The van der Waals surface area contributed by atoms with Gasteiger partial charge in [-0.25, -0.2) is 4.39 Å². The molecule has 0 aromatic heterocycles. The van der Waals surface area contributed by atoms with Crippen LogP contribution in [0.4, 0.5) is 4.39 Å². The third-order valence-electron chi connectivity index (χ3n) is 2.57. The van der Waals surface area contributed by atoms with Gasteiger partial charge in [0.05, 0.1) is 10.3 Å². The SMILES string of the molecule is O=C(Cc1cccc(Cl)c1F)C1CSCCS1. The van der Waals surface area contributed by atoms with E-state index < -0.39 is 5.82 Å². The van der Waals surface area contributed by atoms with E-state index in [-0.39, 0.29) is 22.5 Å². The lowest BCUT2D eigenvalue weighted by Crippen LogP contribution is -2.26. The Balaban J connectivity index is 2.04. The lowest BCUT2D eigenvalue weighted by atomic mass is 10.1. The molecule has 1 aliphatic rings. The highest BCUT2D eigenvalue weighted by molar-refractivity contribution is 8.07. The van der Waals surface area contributed by atoms with Gasteiger partial charge in [-0.3, -0.25) is 4.79 Å². The van der Waals surface area contributed by atoms with Gasteiger partial charge in [-0.15, -0.1) is 11.8 Å². The van der Waals surface area contributed by atoms with Crippen molar-refractivity contribution in [3.8, 4) is 0 Å². The Labute approximate surface area is 113 Å². The maximum absolute atomic E-state index is 13.6. The molecule has 0 radical (unpaired) electrons. The van der Waals surface area contributed by atoms with Crippen LogP contribution in [-0.4, -0.2) is 28.3 Å². The van der Waals surface area contributed by atoms with Crippen molar-refractivity contribution in [2.45, 2.75) is 11.7 Å². The van der Waals surface area contributed by atoms with Crippen LogP contribution in [0.3, 0.4) is 0 Å². The lowest BCUT2D eigenvalue weighted by Gasteiger charge is -2.19. The van der Waals surface area contributed by atoms with E-state index in [0.717, 1.165) is 17.3 Å². The Hall–Kier alpha value is -0.190. The molecule has 2 rings (SSSR count). The Bertz CT molecular complexity index is 419. The number of carbonyl (C=O) groups is 1. The Morgan fingerprint density at radius 3 is 3.00 bits per heavy atom. The molecule has 5 heteroatoms. The van der Waals surface area contributed by atoms with Crippen LogP contribution in [0.2, 0.25) is 5.02 Å². The molecule has 0 amide bonds. The topological polar surface area (TPSA) is 17.1 Å². The van der Waals surface area contributed by atoms with Crippen LogP contribution in [0, 0.1) is 5.82 Å². The molecule has 1 heterocycles. The van der Waals surface area contributed by atoms with Crippen LogP contribution in [0.25, 0.3) is 0 Å². The standard InChI is InChI=1S/C12H12ClFOS2/c13-9-3-1-2-8(12(9)14)6-10(15)11-7-16-4-5-17-11/h1-3,11H,4-7H2. The summed E-state index contributed by atoms with van der Waals surface area (Å²) in [5.74, 6) is 2.57. The lowest BCUT2D eigenvalue weighted by molar-refractivity contribution is -0.117. The van der Waals surface area contributed by atoms with Gasteiger partial charge in [0.15, 0.2) is 5.78 Å². The predicted molar refractivity (Wildman–Crippen MR) is 73.7 cm³/mol. The molecule has 1 aliphatic heterocycles. The zero-order valence-corrected chi connectivity index (χ0v) is 11.5.